The van der Waals surface area contributed by atoms with Crippen molar-refractivity contribution in [2.45, 2.75) is 97.0 Å². The molecule has 1 amide bonds. The van der Waals surface area contributed by atoms with Crippen LogP contribution in [0.1, 0.15) is 90.9 Å². The summed E-state index contributed by atoms with van der Waals surface area (Å²) in [7, 11) is -4.03. The van der Waals surface area contributed by atoms with E-state index in [9.17, 15) is 18.3 Å². The Morgan fingerprint density at radius 2 is 1.72 bits per heavy atom. The van der Waals surface area contributed by atoms with Crippen LogP contribution in [-0.2, 0) is 14.9 Å². The van der Waals surface area contributed by atoms with Crippen LogP contribution in [0.15, 0.2) is 0 Å². The molecule has 4 saturated carbocycles. The molecule has 0 bridgehead atoms. The molecule has 32 heavy (non-hydrogen) atoms. The zero-order valence-electron chi connectivity index (χ0n) is 19.9. The van der Waals surface area contributed by atoms with E-state index in [1.54, 1.807) is 0 Å². The Kier molecular flexibility index (Phi) is 7.02. The fourth-order valence-electron chi connectivity index (χ4n) is 8.74. The number of rotatable bonds is 7. The van der Waals surface area contributed by atoms with Crippen LogP contribution in [0, 0.1) is 40.4 Å². The standard InChI is InChI=1S/C25H43NO5S/c1-24-13-11-22-20(8-6-18-16-19(27)10-12-25(18,22)2)21(24)9-7-17(24)4-3-5-23(28)26-14-15-32(29,30)31/h17-22,27H,3-16H2,1-2H3,(H,26,28)(H,29,30,31)/t17-,18+,19+,20-,21?,22?,24+,25-/m0/s1. The van der Waals surface area contributed by atoms with Gasteiger partial charge >= 0.3 is 0 Å². The fraction of sp³-hybridized carbons (Fsp3) is 0.960. The van der Waals surface area contributed by atoms with Crippen molar-refractivity contribution in [3.05, 3.63) is 0 Å². The van der Waals surface area contributed by atoms with Gasteiger partial charge in [0, 0.05) is 13.0 Å². The highest BCUT2D eigenvalue weighted by Gasteiger charge is 2.59. The van der Waals surface area contributed by atoms with Crippen molar-refractivity contribution >= 4 is 16.0 Å². The molecule has 0 heterocycles. The van der Waals surface area contributed by atoms with Gasteiger partial charge in [-0.25, -0.2) is 0 Å². The molecule has 3 N–H and O–H groups in total. The molecule has 0 aromatic rings. The van der Waals surface area contributed by atoms with Gasteiger partial charge in [-0.2, -0.15) is 8.42 Å². The highest BCUT2D eigenvalue weighted by atomic mass is 32.2. The molecule has 0 radical (unpaired) electrons. The molecule has 8 atom stereocenters. The highest BCUT2D eigenvalue weighted by Crippen LogP contribution is 2.67. The largest absolute Gasteiger partial charge is 0.393 e. The van der Waals surface area contributed by atoms with E-state index >= 15 is 0 Å². The van der Waals surface area contributed by atoms with Gasteiger partial charge in [-0.05, 0) is 111 Å². The molecule has 184 valence electrons. The van der Waals surface area contributed by atoms with Gasteiger partial charge in [0.05, 0.1) is 11.9 Å². The van der Waals surface area contributed by atoms with E-state index in [0.29, 0.717) is 29.1 Å². The Labute approximate surface area is 194 Å². The minimum atomic E-state index is -4.03. The van der Waals surface area contributed by atoms with Crippen LogP contribution in [0.2, 0.25) is 0 Å². The first-order valence-electron chi connectivity index (χ1n) is 12.9. The first-order valence-corrected chi connectivity index (χ1v) is 14.5. The smallest absolute Gasteiger partial charge is 0.266 e. The first-order chi connectivity index (χ1) is 15.0. The number of carbonyl (C=O) groups is 1. The maximum absolute atomic E-state index is 12.0. The highest BCUT2D eigenvalue weighted by molar-refractivity contribution is 7.85. The molecule has 0 aromatic heterocycles. The maximum atomic E-state index is 12.0. The zero-order chi connectivity index (χ0) is 23.1. The summed E-state index contributed by atoms with van der Waals surface area (Å²) in [5.41, 5.74) is 0.807. The molecule has 4 aliphatic carbocycles. The lowest BCUT2D eigenvalue weighted by atomic mass is 9.44. The maximum Gasteiger partial charge on any atom is 0.266 e. The molecular formula is C25H43NO5S. The summed E-state index contributed by atoms with van der Waals surface area (Å²) < 4.78 is 30.3. The Morgan fingerprint density at radius 3 is 2.47 bits per heavy atom. The Hall–Kier alpha value is -0.660. The average molecular weight is 470 g/mol. The lowest BCUT2D eigenvalue weighted by Gasteiger charge is -2.61. The number of hydrogen-bond donors (Lipinski definition) is 3. The van der Waals surface area contributed by atoms with E-state index < -0.39 is 15.9 Å². The number of hydrogen-bond acceptors (Lipinski definition) is 4. The summed E-state index contributed by atoms with van der Waals surface area (Å²) in [5.74, 6) is 3.29. The van der Waals surface area contributed by atoms with Gasteiger partial charge in [-0.15, -0.1) is 0 Å². The second-order valence-electron chi connectivity index (χ2n) is 11.9. The van der Waals surface area contributed by atoms with Crippen molar-refractivity contribution in [1.29, 1.82) is 0 Å². The Bertz CT molecular complexity index is 800. The van der Waals surface area contributed by atoms with Crippen LogP contribution in [0.25, 0.3) is 0 Å². The van der Waals surface area contributed by atoms with Crippen molar-refractivity contribution in [3.63, 3.8) is 0 Å². The van der Waals surface area contributed by atoms with Crippen LogP contribution in [-0.4, -0.2) is 42.4 Å². The molecule has 2 unspecified atom stereocenters. The number of fused-ring (bicyclic) bond motifs is 5. The number of aliphatic hydroxyl groups is 1. The second kappa shape index (κ2) is 9.18. The number of carbonyl (C=O) groups excluding carboxylic acids is 1. The summed E-state index contributed by atoms with van der Waals surface area (Å²) in [6.45, 7) is 5.04. The van der Waals surface area contributed by atoms with Crippen LogP contribution in [0.3, 0.4) is 0 Å². The lowest BCUT2D eigenvalue weighted by molar-refractivity contribution is -0.127. The summed E-state index contributed by atoms with van der Waals surface area (Å²) >= 11 is 0. The van der Waals surface area contributed by atoms with Crippen molar-refractivity contribution in [2.75, 3.05) is 12.3 Å². The van der Waals surface area contributed by atoms with E-state index in [0.717, 1.165) is 43.4 Å². The summed E-state index contributed by atoms with van der Waals surface area (Å²) in [5, 5.41) is 12.8. The van der Waals surface area contributed by atoms with Crippen LogP contribution in [0.5, 0.6) is 0 Å². The zero-order valence-corrected chi connectivity index (χ0v) is 20.7. The third kappa shape index (κ3) is 4.76. The monoisotopic (exact) mass is 469 g/mol. The van der Waals surface area contributed by atoms with Crippen molar-refractivity contribution in [3.8, 4) is 0 Å². The van der Waals surface area contributed by atoms with Gasteiger partial charge in [0.2, 0.25) is 5.91 Å². The van der Waals surface area contributed by atoms with Crippen LogP contribution < -0.4 is 5.32 Å². The third-order valence-electron chi connectivity index (χ3n) is 10.5. The molecular weight excluding hydrogens is 426 g/mol. The predicted octanol–water partition coefficient (Wildman–Crippen LogP) is 4.18. The van der Waals surface area contributed by atoms with Gasteiger partial charge < -0.3 is 10.4 Å². The molecule has 4 rings (SSSR count). The lowest BCUT2D eigenvalue weighted by Crippen LogP contribution is -2.53. The van der Waals surface area contributed by atoms with Crippen LogP contribution in [0.4, 0.5) is 0 Å². The molecule has 4 fully saturated rings. The van der Waals surface area contributed by atoms with Gasteiger partial charge in [0.25, 0.3) is 10.1 Å². The number of aliphatic hydroxyl groups excluding tert-OH is 1. The SMILES string of the molecule is C[C@]12CCC3[C@@H](CC[C@@H]4C[C@H](O)CC[C@]34C)C1CC[C@@H]2CCCC(=O)NCCS(=O)(=O)O. The van der Waals surface area contributed by atoms with Crippen LogP contribution >= 0.6 is 0 Å². The van der Waals surface area contributed by atoms with Crippen molar-refractivity contribution < 1.29 is 22.9 Å². The van der Waals surface area contributed by atoms with E-state index in [1.165, 1.54) is 44.9 Å². The molecule has 0 saturated heterocycles. The molecule has 7 heteroatoms. The number of nitrogens with one attached hydrogen (secondary N) is 1. The fourth-order valence-corrected chi connectivity index (χ4v) is 9.10. The molecule has 4 aliphatic rings. The third-order valence-corrected chi connectivity index (χ3v) is 11.2. The summed E-state index contributed by atoms with van der Waals surface area (Å²) in [6, 6.07) is 0. The first kappa shape index (κ1) is 24.5. The topological polar surface area (TPSA) is 104 Å². The van der Waals surface area contributed by atoms with Gasteiger partial charge in [-0.1, -0.05) is 13.8 Å². The average Bonchev–Trinajstić information content (AvgIpc) is 3.04. The van der Waals surface area contributed by atoms with Gasteiger partial charge in [0.1, 0.15) is 0 Å². The number of amides is 1. The Morgan fingerprint density at radius 1 is 1.00 bits per heavy atom. The Balaban J connectivity index is 1.31. The van der Waals surface area contributed by atoms with Gasteiger partial charge in [-0.3, -0.25) is 9.35 Å². The van der Waals surface area contributed by atoms with E-state index in [4.69, 9.17) is 4.55 Å². The predicted molar refractivity (Wildman–Crippen MR) is 125 cm³/mol. The minimum Gasteiger partial charge on any atom is -0.393 e. The van der Waals surface area contributed by atoms with E-state index in [1.807, 2.05) is 0 Å². The van der Waals surface area contributed by atoms with E-state index in [-0.39, 0.29) is 18.6 Å². The molecule has 6 nitrogen and oxygen atoms in total. The molecule has 0 aromatic carbocycles. The van der Waals surface area contributed by atoms with Crippen molar-refractivity contribution in [2.24, 2.45) is 40.4 Å². The second-order valence-corrected chi connectivity index (χ2v) is 13.5. The summed E-state index contributed by atoms with van der Waals surface area (Å²) in [6.07, 6.45) is 13.3. The van der Waals surface area contributed by atoms with E-state index in [2.05, 4.69) is 19.2 Å². The van der Waals surface area contributed by atoms with Crippen molar-refractivity contribution in [1.82, 2.24) is 5.32 Å². The van der Waals surface area contributed by atoms with Gasteiger partial charge in [0.15, 0.2) is 0 Å². The minimum absolute atomic E-state index is 0.0270. The molecule has 0 aliphatic heterocycles. The summed E-state index contributed by atoms with van der Waals surface area (Å²) in [4.78, 5) is 12.0. The molecule has 0 spiro atoms. The quantitative estimate of drug-likeness (QED) is 0.485. The normalized spacial score (nSPS) is 43.8.